The average molecular weight is 132 g/mol. The smallest absolute Gasteiger partial charge is 0.142 e. The molecule has 2 rings (SSSR count). The number of alkyl halides is 2. The van der Waals surface area contributed by atoms with Gasteiger partial charge in [0.05, 0.1) is 0 Å². The predicted octanol–water partition coefficient (Wildman–Crippen LogP) is 2.24. The van der Waals surface area contributed by atoms with Crippen LogP contribution in [0.15, 0.2) is 0 Å². The standard InChI is InChI=1S/C7H10F2/c8-6-3-5-1-2-7(6,9)4-5/h5-6H,1-4H2. The maximum Gasteiger partial charge on any atom is 0.142 e. The van der Waals surface area contributed by atoms with Crippen LogP contribution < -0.4 is 0 Å². The molecule has 2 bridgehead atoms. The number of halogens is 2. The average Bonchev–Trinajstić information content (AvgIpc) is 2.22. The summed E-state index contributed by atoms with van der Waals surface area (Å²) in [4.78, 5) is 0. The maximum atomic E-state index is 13.1. The molecule has 0 spiro atoms. The fourth-order valence-electron chi connectivity index (χ4n) is 2.12. The Morgan fingerprint density at radius 2 is 2.22 bits per heavy atom. The van der Waals surface area contributed by atoms with Gasteiger partial charge < -0.3 is 0 Å². The number of hydrogen-bond donors (Lipinski definition) is 0. The normalized spacial score (nSPS) is 56.7. The van der Waals surface area contributed by atoms with Crippen LogP contribution in [-0.4, -0.2) is 11.8 Å². The van der Waals surface area contributed by atoms with Crippen LogP contribution in [0.25, 0.3) is 0 Å². The molecule has 3 atom stereocenters. The zero-order chi connectivity index (χ0) is 6.48. The molecule has 0 aromatic heterocycles. The Bertz CT molecular complexity index is 135. The molecule has 0 nitrogen and oxygen atoms in total. The number of hydrogen-bond acceptors (Lipinski definition) is 0. The highest BCUT2D eigenvalue weighted by molar-refractivity contribution is 5.03. The number of fused-ring (bicyclic) bond motifs is 2. The summed E-state index contributed by atoms with van der Waals surface area (Å²) in [7, 11) is 0. The van der Waals surface area contributed by atoms with Crippen molar-refractivity contribution >= 4 is 0 Å². The van der Waals surface area contributed by atoms with Gasteiger partial charge in [0, 0.05) is 0 Å². The molecule has 0 heterocycles. The molecule has 2 fully saturated rings. The van der Waals surface area contributed by atoms with Gasteiger partial charge in [0.1, 0.15) is 11.8 Å². The molecule has 2 saturated carbocycles. The van der Waals surface area contributed by atoms with E-state index in [1.54, 1.807) is 0 Å². The summed E-state index contributed by atoms with van der Waals surface area (Å²) < 4.78 is 25.7. The van der Waals surface area contributed by atoms with Crippen LogP contribution in [0.5, 0.6) is 0 Å². The topological polar surface area (TPSA) is 0 Å². The van der Waals surface area contributed by atoms with Crippen molar-refractivity contribution in [2.75, 3.05) is 0 Å². The van der Waals surface area contributed by atoms with E-state index in [1.807, 2.05) is 0 Å². The van der Waals surface area contributed by atoms with Crippen molar-refractivity contribution in [2.24, 2.45) is 5.92 Å². The third-order valence-corrected chi connectivity index (χ3v) is 2.70. The van der Waals surface area contributed by atoms with E-state index in [1.165, 1.54) is 0 Å². The minimum absolute atomic E-state index is 0.366. The molecule has 2 aliphatic rings. The second-order valence-corrected chi connectivity index (χ2v) is 3.35. The summed E-state index contributed by atoms with van der Waals surface area (Å²) in [5.41, 5.74) is -1.40. The van der Waals surface area contributed by atoms with Crippen LogP contribution in [0.4, 0.5) is 8.78 Å². The third kappa shape index (κ3) is 0.620. The molecule has 0 aromatic carbocycles. The van der Waals surface area contributed by atoms with E-state index in [0.717, 1.165) is 6.42 Å². The molecule has 0 radical (unpaired) electrons. The van der Waals surface area contributed by atoms with Gasteiger partial charge in [-0.2, -0.15) is 0 Å². The highest BCUT2D eigenvalue weighted by Gasteiger charge is 2.53. The van der Waals surface area contributed by atoms with Gasteiger partial charge in [-0.05, 0) is 31.6 Å². The Labute approximate surface area is 53.2 Å². The van der Waals surface area contributed by atoms with Crippen LogP contribution in [0.2, 0.25) is 0 Å². The molecule has 2 aliphatic carbocycles. The molecular weight excluding hydrogens is 122 g/mol. The Morgan fingerprint density at radius 3 is 2.44 bits per heavy atom. The van der Waals surface area contributed by atoms with Crippen LogP contribution >= 0.6 is 0 Å². The van der Waals surface area contributed by atoms with Gasteiger partial charge in [0.15, 0.2) is 0 Å². The summed E-state index contributed by atoms with van der Waals surface area (Å²) in [6.45, 7) is 0. The fraction of sp³-hybridized carbons (Fsp3) is 1.00. The Hall–Kier alpha value is -0.140. The molecule has 0 saturated heterocycles. The van der Waals surface area contributed by atoms with Crippen LogP contribution in [-0.2, 0) is 0 Å². The lowest BCUT2D eigenvalue weighted by atomic mass is 9.97. The first kappa shape index (κ1) is 5.63. The van der Waals surface area contributed by atoms with Gasteiger partial charge in [0.25, 0.3) is 0 Å². The monoisotopic (exact) mass is 132 g/mol. The fourth-order valence-corrected chi connectivity index (χ4v) is 2.12. The van der Waals surface area contributed by atoms with E-state index >= 15 is 0 Å². The van der Waals surface area contributed by atoms with Crippen molar-refractivity contribution in [1.29, 1.82) is 0 Å². The lowest BCUT2D eigenvalue weighted by Gasteiger charge is -2.19. The van der Waals surface area contributed by atoms with E-state index in [4.69, 9.17) is 0 Å². The van der Waals surface area contributed by atoms with E-state index in [0.29, 0.717) is 25.2 Å². The lowest BCUT2D eigenvalue weighted by Crippen LogP contribution is -2.28. The molecule has 0 aliphatic heterocycles. The molecule has 0 amide bonds. The van der Waals surface area contributed by atoms with E-state index in [9.17, 15) is 8.78 Å². The molecule has 0 N–H and O–H groups in total. The van der Waals surface area contributed by atoms with Crippen molar-refractivity contribution in [3.8, 4) is 0 Å². The SMILES string of the molecule is FC1CC2CCC1(F)C2. The first-order valence-corrected chi connectivity index (χ1v) is 3.54. The second kappa shape index (κ2) is 1.47. The molecule has 9 heavy (non-hydrogen) atoms. The van der Waals surface area contributed by atoms with Crippen LogP contribution in [0, 0.1) is 5.92 Å². The molecule has 52 valence electrons. The minimum atomic E-state index is -1.40. The summed E-state index contributed by atoms with van der Waals surface area (Å²) in [6.07, 6.45) is 1.22. The number of rotatable bonds is 0. The highest BCUT2D eigenvalue weighted by Crippen LogP contribution is 2.51. The summed E-state index contributed by atoms with van der Waals surface area (Å²) in [5, 5.41) is 0. The van der Waals surface area contributed by atoms with Gasteiger partial charge >= 0.3 is 0 Å². The maximum absolute atomic E-state index is 13.1. The minimum Gasteiger partial charge on any atom is -0.244 e. The molecular formula is C7H10F2. The largest absolute Gasteiger partial charge is 0.244 e. The Kier molecular flexibility index (Phi) is 0.920. The lowest BCUT2D eigenvalue weighted by molar-refractivity contribution is 0.0713. The zero-order valence-electron chi connectivity index (χ0n) is 5.24. The molecule has 0 aromatic rings. The first-order chi connectivity index (χ1) is 4.21. The van der Waals surface area contributed by atoms with Crippen molar-refractivity contribution < 1.29 is 8.78 Å². The van der Waals surface area contributed by atoms with Crippen molar-refractivity contribution in [3.05, 3.63) is 0 Å². The highest BCUT2D eigenvalue weighted by atomic mass is 19.2. The second-order valence-electron chi connectivity index (χ2n) is 3.35. The van der Waals surface area contributed by atoms with Gasteiger partial charge in [0.2, 0.25) is 0 Å². The molecule has 3 unspecified atom stereocenters. The van der Waals surface area contributed by atoms with Gasteiger partial charge in [-0.15, -0.1) is 0 Å². The quantitative estimate of drug-likeness (QED) is 0.474. The van der Waals surface area contributed by atoms with Crippen molar-refractivity contribution in [1.82, 2.24) is 0 Å². The summed E-state index contributed by atoms with van der Waals surface area (Å²) in [5.74, 6) is 0.366. The zero-order valence-corrected chi connectivity index (χ0v) is 5.24. The Balaban J connectivity index is 2.22. The van der Waals surface area contributed by atoms with Gasteiger partial charge in [-0.1, -0.05) is 0 Å². The van der Waals surface area contributed by atoms with Gasteiger partial charge in [-0.3, -0.25) is 0 Å². The van der Waals surface area contributed by atoms with Crippen molar-refractivity contribution in [3.63, 3.8) is 0 Å². The van der Waals surface area contributed by atoms with E-state index < -0.39 is 11.8 Å². The van der Waals surface area contributed by atoms with E-state index in [-0.39, 0.29) is 0 Å². The molecule has 2 heteroatoms. The summed E-state index contributed by atoms with van der Waals surface area (Å²) in [6, 6.07) is 0. The van der Waals surface area contributed by atoms with Crippen LogP contribution in [0.1, 0.15) is 25.7 Å². The first-order valence-electron chi connectivity index (χ1n) is 3.54. The third-order valence-electron chi connectivity index (χ3n) is 2.70. The van der Waals surface area contributed by atoms with Crippen molar-refractivity contribution in [2.45, 2.75) is 37.5 Å². The van der Waals surface area contributed by atoms with E-state index in [2.05, 4.69) is 0 Å². The summed E-state index contributed by atoms with van der Waals surface area (Å²) >= 11 is 0. The predicted molar refractivity (Wildman–Crippen MR) is 30.7 cm³/mol. The van der Waals surface area contributed by atoms with Gasteiger partial charge in [-0.25, -0.2) is 8.78 Å². The Morgan fingerprint density at radius 1 is 1.44 bits per heavy atom. The van der Waals surface area contributed by atoms with Crippen LogP contribution in [0.3, 0.4) is 0 Å².